The zero-order valence-corrected chi connectivity index (χ0v) is 9.42. The number of rotatable bonds is 3. The maximum absolute atomic E-state index is 10.7. The lowest BCUT2D eigenvalue weighted by atomic mass is 10.1. The molecule has 0 unspecified atom stereocenters. The average molecular weight is 239 g/mol. The van der Waals surface area contributed by atoms with Crippen LogP contribution >= 0.6 is 0 Å². The van der Waals surface area contributed by atoms with Crippen LogP contribution in [0.5, 0.6) is 0 Å². The van der Waals surface area contributed by atoms with Gasteiger partial charge in [0.15, 0.2) is 0 Å². The van der Waals surface area contributed by atoms with Gasteiger partial charge in [-0.05, 0) is 17.7 Å². The molecule has 1 aromatic carbocycles. The van der Waals surface area contributed by atoms with E-state index >= 15 is 0 Å². The van der Waals surface area contributed by atoms with Crippen molar-refractivity contribution in [2.75, 3.05) is 6.54 Å². The molecule has 0 fully saturated rings. The lowest BCUT2D eigenvalue weighted by molar-refractivity contribution is 0.583. The minimum atomic E-state index is -3.66. The van der Waals surface area contributed by atoms with Crippen LogP contribution < -0.4 is 15.6 Å². The van der Waals surface area contributed by atoms with E-state index in [0.717, 1.165) is 11.1 Å². The summed E-state index contributed by atoms with van der Waals surface area (Å²) < 4.78 is 23.6. The fraction of sp³-hybridized carbons (Fsp3) is 0.200. The largest absolute Gasteiger partial charge is 0.320 e. The molecule has 0 aliphatic rings. The summed E-state index contributed by atoms with van der Waals surface area (Å²) in [4.78, 5) is 0. The number of nitrogens with one attached hydrogen (secondary N) is 1. The van der Waals surface area contributed by atoms with E-state index in [1.807, 2.05) is 6.07 Å². The number of benzene rings is 1. The van der Waals surface area contributed by atoms with Gasteiger partial charge in [0.1, 0.15) is 0 Å². The molecule has 0 radical (unpaired) electrons. The predicted molar refractivity (Wildman–Crippen MR) is 62.3 cm³/mol. The molecule has 0 aromatic heterocycles. The van der Waals surface area contributed by atoms with Gasteiger partial charge in [-0.15, -0.1) is 0 Å². The summed E-state index contributed by atoms with van der Waals surface area (Å²) in [7, 11) is -3.66. The molecule has 1 rings (SSSR count). The molecule has 0 aliphatic heterocycles. The van der Waals surface area contributed by atoms with Crippen LogP contribution in [0, 0.1) is 11.8 Å². The Labute approximate surface area is 95.0 Å². The summed E-state index contributed by atoms with van der Waals surface area (Å²) in [6.45, 7) is 0.441. The van der Waals surface area contributed by atoms with Crippen molar-refractivity contribution < 1.29 is 8.42 Å². The summed E-state index contributed by atoms with van der Waals surface area (Å²) in [6, 6.07) is 7.18. The molecule has 5 nitrogen and oxygen atoms in total. The Morgan fingerprint density at radius 2 is 2.12 bits per heavy atom. The minimum absolute atomic E-state index is 0.150. The molecule has 0 bridgehead atoms. The highest BCUT2D eigenvalue weighted by molar-refractivity contribution is 7.87. The molecular weight excluding hydrogens is 226 g/mol. The summed E-state index contributed by atoms with van der Waals surface area (Å²) >= 11 is 0. The normalized spacial score (nSPS) is 10.6. The molecule has 1 aromatic rings. The van der Waals surface area contributed by atoms with E-state index in [2.05, 4.69) is 16.6 Å². The lowest BCUT2D eigenvalue weighted by Crippen LogP contribution is -2.30. The van der Waals surface area contributed by atoms with Gasteiger partial charge in [0.25, 0.3) is 10.2 Å². The molecule has 86 valence electrons. The molecule has 0 heterocycles. The monoisotopic (exact) mass is 239 g/mol. The summed E-state index contributed by atoms with van der Waals surface area (Å²) in [5, 5.41) is 4.82. The van der Waals surface area contributed by atoms with Crippen LogP contribution in [0.15, 0.2) is 24.3 Å². The van der Waals surface area contributed by atoms with E-state index in [1.54, 1.807) is 18.2 Å². The zero-order chi connectivity index (χ0) is 12.0. The second kappa shape index (κ2) is 5.63. The van der Waals surface area contributed by atoms with Crippen molar-refractivity contribution in [1.82, 2.24) is 4.72 Å². The third-order valence-corrected chi connectivity index (χ3v) is 2.29. The zero-order valence-electron chi connectivity index (χ0n) is 8.60. The number of hydrogen-bond acceptors (Lipinski definition) is 3. The van der Waals surface area contributed by atoms with Gasteiger partial charge in [-0.2, -0.15) is 13.1 Å². The lowest BCUT2D eigenvalue weighted by Gasteiger charge is -2.02. The van der Waals surface area contributed by atoms with E-state index < -0.39 is 10.2 Å². The van der Waals surface area contributed by atoms with E-state index in [-0.39, 0.29) is 6.54 Å². The van der Waals surface area contributed by atoms with Gasteiger partial charge >= 0.3 is 0 Å². The fourth-order valence-corrected chi connectivity index (χ4v) is 1.46. The third kappa shape index (κ3) is 4.91. The Balaban J connectivity index is 2.75. The Hall–Kier alpha value is -1.39. The third-order valence-electron chi connectivity index (χ3n) is 1.74. The van der Waals surface area contributed by atoms with Gasteiger partial charge in [0.2, 0.25) is 0 Å². The summed E-state index contributed by atoms with van der Waals surface area (Å²) in [5.74, 6) is 5.58. The van der Waals surface area contributed by atoms with Crippen molar-refractivity contribution in [3.8, 4) is 11.8 Å². The van der Waals surface area contributed by atoms with Crippen molar-refractivity contribution in [1.29, 1.82) is 0 Å². The maximum atomic E-state index is 10.7. The van der Waals surface area contributed by atoms with Crippen LogP contribution in [0.4, 0.5) is 0 Å². The number of hydrogen-bond donors (Lipinski definition) is 3. The molecule has 5 N–H and O–H groups in total. The van der Waals surface area contributed by atoms with Gasteiger partial charge < -0.3 is 5.73 Å². The Kier molecular flexibility index (Phi) is 4.46. The van der Waals surface area contributed by atoms with Crippen molar-refractivity contribution in [2.45, 2.75) is 6.54 Å². The molecule has 16 heavy (non-hydrogen) atoms. The van der Waals surface area contributed by atoms with Crippen molar-refractivity contribution >= 4 is 10.2 Å². The van der Waals surface area contributed by atoms with Gasteiger partial charge in [-0.3, -0.25) is 0 Å². The Bertz CT molecular complexity index is 514. The fourth-order valence-electron chi connectivity index (χ4n) is 1.10. The first-order chi connectivity index (χ1) is 7.51. The standard InChI is InChI=1S/C10H13N3O2S/c11-6-2-5-9-3-1-4-10(7-9)8-13-16(12,14)15/h1,3-4,7,13H,6,8,11H2,(H2,12,14,15). The van der Waals surface area contributed by atoms with Gasteiger partial charge in [0, 0.05) is 12.1 Å². The van der Waals surface area contributed by atoms with Crippen LogP contribution in [0.2, 0.25) is 0 Å². The molecule has 0 saturated heterocycles. The highest BCUT2D eigenvalue weighted by atomic mass is 32.2. The van der Waals surface area contributed by atoms with E-state index in [0.29, 0.717) is 6.54 Å². The quantitative estimate of drug-likeness (QED) is 0.608. The van der Waals surface area contributed by atoms with Crippen LogP contribution in [0.3, 0.4) is 0 Å². The van der Waals surface area contributed by atoms with Crippen LogP contribution in [0.25, 0.3) is 0 Å². The van der Waals surface area contributed by atoms with Gasteiger partial charge in [-0.1, -0.05) is 24.0 Å². The summed E-state index contributed by atoms with van der Waals surface area (Å²) in [6.07, 6.45) is 0. The molecular formula is C10H13N3O2S. The number of nitrogens with two attached hydrogens (primary N) is 2. The van der Waals surface area contributed by atoms with Gasteiger partial charge in [0.05, 0.1) is 6.54 Å². The van der Waals surface area contributed by atoms with Crippen LogP contribution in [-0.2, 0) is 16.8 Å². The maximum Gasteiger partial charge on any atom is 0.274 e. The van der Waals surface area contributed by atoms with E-state index in [1.165, 1.54) is 0 Å². The topological polar surface area (TPSA) is 98.2 Å². The average Bonchev–Trinajstić information content (AvgIpc) is 2.23. The predicted octanol–water partition coefficient (Wildman–Crippen LogP) is -0.710. The molecule has 0 spiro atoms. The smallest absolute Gasteiger partial charge is 0.274 e. The summed E-state index contributed by atoms with van der Waals surface area (Å²) in [5.41, 5.74) is 6.83. The highest BCUT2D eigenvalue weighted by Gasteiger charge is 2.01. The highest BCUT2D eigenvalue weighted by Crippen LogP contribution is 2.03. The molecule has 0 aliphatic carbocycles. The molecule has 0 atom stereocenters. The van der Waals surface area contributed by atoms with Crippen molar-refractivity contribution in [2.24, 2.45) is 10.9 Å². The molecule has 0 amide bonds. The van der Waals surface area contributed by atoms with Crippen LogP contribution in [-0.4, -0.2) is 15.0 Å². The second-order valence-electron chi connectivity index (χ2n) is 3.07. The van der Waals surface area contributed by atoms with Gasteiger partial charge in [-0.25, -0.2) is 5.14 Å². The first kappa shape index (κ1) is 12.7. The van der Waals surface area contributed by atoms with E-state index in [4.69, 9.17) is 10.9 Å². The second-order valence-corrected chi connectivity index (χ2v) is 4.45. The minimum Gasteiger partial charge on any atom is -0.320 e. The van der Waals surface area contributed by atoms with Crippen molar-refractivity contribution in [3.63, 3.8) is 0 Å². The first-order valence-electron chi connectivity index (χ1n) is 4.56. The van der Waals surface area contributed by atoms with E-state index in [9.17, 15) is 8.42 Å². The van der Waals surface area contributed by atoms with Crippen molar-refractivity contribution in [3.05, 3.63) is 35.4 Å². The Morgan fingerprint density at radius 1 is 1.38 bits per heavy atom. The molecule has 0 saturated carbocycles. The Morgan fingerprint density at radius 3 is 2.75 bits per heavy atom. The molecule has 6 heteroatoms. The van der Waals surface area contributed by atoms with Crippen LogP contribution in [0.1, 0.15) is 11.1 Å². The first-order valence-corrected chi connectivity index (χ1v) is 6.11. The SMILES string of the molecule is NCC#Cc1cccc(CNS(N)(=O)=O)c1.